The second-order valence-electron chi connectivity index (χ2n) is 8.41. The van der Waals surface area contributed by atoms with Gasteiger partial charge in [-0.1, -0.05) is 77.5 Å². The van der Waals surface area contributed by atoms with E-state index >= 15 is 0 Å². The van der Waals surface area contributed by atoms with Crippen molar-refractivity contribution >= 4 is 34.7 Å². The maximum absolute atomic E-state index is 13.7. The fourth-order valence-electron chi connectivity index (χ4n) is 4.85. The summed E-state index contributed by atoms with van der Waals surface area (Å²) in [5, 5.41) is 0.657. The molecule has 2 heterocycles. The Balaban J connectivity index is 1.61. The molecule has 0 fully saturated rings. The molecule has 1 aliphatic heterocycles. The Morgan fingerprint density at radius 2 is 1.79 bits per heavy atom. The van der Waals surface area contributed by atoms with E-state index in [0.717, 1.165) is 46.6 Å². The number of aryl methyl sites for hydroxylation is 1. The number of methoxy groups -OCH3 is 1. The van der Waals surface area contributed by atoms with Crippen LogP contribution in [0.15, 0.2) is 88.2 Å². The number of hydrogen-bond acceptors (Lipinski definition) is 4. The fraction of sp³-hybridized carbons (Fsp3) is 0.143. The van der Waals surface area contributed by atoms with Crippen LogP contribution in [0.4, 0.5) is 0 Å². The highest BCUT2D eigenvalue weighted by atomic mass is 35.5. The molecule has 1 aromatic heterocycles. The lowest BCUT2D eigenvalue weighted by Crippen LogP contribution is -2.38. The molecule has 3 aromatic carbocycles. The first-order chi connectivity index (χ1) is 16.6. The number of aromatic nitrogens is 1. The van der Waals surface area contributed by atoms with E-state index in [1.165, 1.54) is 16.9 Å². The van der Waals surface area contributed by atoms with Gasteiger partial charge < -0.3 is 4.74 Å². The zero-order chi connectivity index (χ0) is 23.2. The molecule has 1 atom stereocenters. The Kier molecular flexibility index (Phi) is 5.24. The van der Waals surface area contributed by atoms with E-state index in [1.807, 2.05) is 65.2 Å². The van der Waals surface area contributed by atoms with Crippen molar-refractivity contribution in [2.24, 2.45) is 4.99 Å². The number of nitrogens with zero attached hydrogens (tertiary/aromatic N) is 2. The second-order valence-corrected chi connectivity index (χ2v) is 9.82. The standard InChI is InChI=1S/C28H21ClN2O2S/c1-33-19-13-10-17(11-14-19)16-24-27(32)31-26(21-8-4-5-9-23(21)29)22-15-12-18-6-2-3-7-20(18)25(22)30-28(31)34-24/h2-11,13-14,16,26H,12,15H2,1H3. The zero-order valence-electron chi connectivity index (χ0n) is 18.5. The van der Waals surface area contributed by atoms with Gasteiger partial charge in [-0.25, -0.2) is 4.99 Å². The Hall–Kier alpha value is -3.41. The van der Waals surface area contributed by atoms with Crippen LogP contribution in [0.25, 0.3) is 11.8 Å². The predicted molar refractivity (Wildman–Crippen MR) is 137 cm³/mol. The third-order valence-corrected chi connectivity index (χ3v) is 7.81. The topological polar surface area (TPSA) is 43.6 Å². The predicted octanol–water partition coefficient (Wildman–Crippen LogP) is 4.98. The van der Waals surface area contributed by atoms with Crippen molar-refractivity contribution in [2.75, 3.05) is 7.11 Å². The van der Waals surface area contributed by atoms with Crippen LogP contribution in [-0.2, 0) is 6.42 Å². The van der Waals surface area contributed by atoms with E-state index in [4.69, 9.17) is 21.3 Å². The molecular formula is C28H21ClN2O2S. The SMILES string of the molecule is COc1ccc(C=c2sc3n(c2=O)C(c2ccccc2Cl)C2=C(N=3)c3ccccc3CC2)cc1. The van der Waals surface area contributed by atoms with Crippen LogP contribution in [0.2, 0.25) is 5.02 Å². The van der Waals surface area contributed by atoms with Gasteiger partial charge in [-0.3, -0.25) is 9.36 Å². The Labute approximate surface area is 205 Å². The average molecular weight is 485 g/mol. The minimum atomic E-state index is -0.272. The van der Waals surface area contributed by atoms with Gasteiger partial charge in [0.25, 0.3) is 5.56 Å². The first-order valence-electron chi connectivity index (χ1n) is 11.2. The smallest absolute Gasteiger partial charge is 0.271 e. The van der Waals surface area contributed by atoms with Crippen LogP contribution >= 0.6 is 22.9 Å². The van der Waals surface area contributed by atoms with Crippen molar-refractivity contribution in [3.05, 3.63) is 125 Å². The minimum absolute atomic E-state index is 0.0464. The summed E-state index contributed by atoms with van der Waals surface area (Å²) >= 11 is 8.11. The molecule has 0 saturated carbocycles. The summed E-state index contributed by atoms with van der Waals surface area (Å²) in [4.78, 5) is 19.5. The lowest BCUT2D eigenvalue weighted by atomic mass is 9.83. The van der Waals surface area contributed by atoms with Gasteiger partial charge >= 0.3 is 0 Å². The number of halogens is 1. The first kappa shape index (κ1) is 21.1. The van der Waals surface area contributed by atoms with Gasteiger partial charge in [0.1, 0.15) is 5.75 Å². The summed E-state index contributed by atoms with van der Waals surface area (Å²) in [6.45, 7) is 0. The van der Waals surface area contributed by atoms with Crippen molar-refractivity contribution in [3.8, 4) is 5.75 Å². The van der Waals surface area contributed by atoms with Crippen LogP contribution in [-0.4, -0.2) is 11.7 Å². The lowest BCUT2D eigenvalue weighted by Gasteiger charge is -2.31. The molecule has 2 aliphatic rings. The molecule has 0 spiro atoms. The number of fused-ring (bicyclic) bond motifs is 3. The summed E-state index contributed by atoms with van der Waals surface area (Å²) in [5.74, 6) is 0.781. The van der Waals surface area contributed by atoms with Crippen molar-refractivity contribution < 1.29 is 4.74 Å². The molecular weight excluding hydrogens is 464 g/mol. The Morgan fingerprint density at radius 3 is 2.59 bits per heavy atom. The third kappa shape index (κ3) is 3.44. The summed E-state index contributed by atoms with van der Waals surface area (Å²) in [6.07, 6.45) is 3.68. The third-order valence-electron chi connectivity index (χ3n) is 6.49. The van der Waals surface area contributed by atoms with Crippen molar-refractivity contribution in [1.29, 1.82) is 0 Å². The molecule has 0 amide bonds. The normalized spacial score (nSPS) is 17.0. The summed E-state index contributed by atoms with van der Waals surface area (Å²) in [5.41, 5.74) is 6.39. The molecule has 6 heteroatoms. The maximum atomic E-state index is 13.7. The fourth-order valence-corrected chi connectivity index (χ4v) is 6.09. The maximum Gasteiger partial charge on any atom is 0.271 e. The van der Waals surface area contributed by atoms with E-state index in [2.05, 4.69) is 18.2 Å². The number of thiazole rings is 1. The number of ether oxygens (including phenoxy) is 1. The highest BCUT2D eigenvalue weighted by Gasteiger charge is 2.33. The van der Waals surface area contributed by atoms with E-state index < -0.39 is 0 Å². The van der Waals surface area contributed by atoms with Crippen LogP contribution in [0.5, 0.6) is 5.75 Å². The van der Waals surface area contributed by atoms with Crippen molar-refractivity contribution in [1.82, 2.24) is 4.57 Å². The largest absolute Gasteiger partial charge is 0.497 e. The molecule has 1 aliphatic carbocycles. The Morgan fingerprint density at radius 1 is 1.03 bits per heavy atom. The molecule has 0 bridgehead atoms. The quantitative estimate of drug-likeness (QED) is 0.411. The monoisotopic (exact) mass is 484 g/mol. The molecule has 1 unspecified atom stereocenters. The highest BCUT2D eigenvalue weighted by molar-refractivity contribution is 7.07. The van der Waals surface area contributed by atoms with Crippen LogP contribution in [0.1, 0.15) is 34.7 Å². The van der Waals surface area contributed by atoms with Crippen molar-refractivity contribution in [3.63, 3.8) is 0 Å². The van der Waals surface area contributed by atoms with Crippen molar-refractivity contribution in [2.45, 2.75) is 18.9 Å². The van der Waals surface area contributed by atoms with Gasteiger partial charge in [0, 0.05) is 10.6 Å². The molecule has 4 aromatic rings. The number of benzene rings is 3. The van der Waals surface area contributed by atoms with Gasteiger partial charge in [0.05, 0.1) is 23.4 Å². The summed E-state index contributed by atoms with van der Waals surface area (Å²) in [6, 6.07) is 23.6. The first-order valence-corrected chi connectivity index (χ1v) is 12.3. The summed E-state index contributed by atoms with van der Waals surface area (Å²) in [7, 11) is 1.64. The zero-order valence-corrected chi connectivity index (χ0v) is 20.1. The van der Waals surface area contributed by atoms with Gasteiger partial charge in [0.2, 0.25) is 0 Å². The van der Waals surface area contributed by atoms with Gasteiger partial charge in [-0.2, -0.15) is 0 Å². The van der Waals surface area contributed by atoms with Gasteiger partial charge in [-0.05, 0) is 59.4 Å². The van der Waals surface area contributed by atoms with E-state index in [9.17, 15) is 4.79 Å². The number of allylic oxidation sites excluding steroid dienone is 1. The molecule has 34 heavy (non-hydrogen) atoms. The van der Waals surface area contributed by atoms with Crippen LogP contribution < -0.4 is 19.6 Å². The molecule has 0 saturated heterocycles. The summed E-state index contributed by atoms with van der Waals surface area (Å²) < 4.78 is 7.73. The second kappa shape index (κ2) is 8.42. The highest BCUT2D eigenvalue weighted by Crippen LogP contribution is 2.42. The van der Waals surface area contributed by atoms with E-state index in [0.29, 0.717) is 14.4 Å². The van der Waals surface area contributed by atoms with Gasteiger partial charge in [0.15, 0.2) is 4.80 Å². The van der Waals surface area contributed by atoms with E-state index in [-0.39, 0.29) is 11.6 Å². The number of rotatable bonds is 3. The van der Waals surface area contributed by atoms with E-state index in [1.54, 1.807) is 7.11 Å². The van der Waals surface area contributed by atoms with Crippen LogP contribution in [0, 0.1) is 0 Å². The van der Waals surface area contributed by atoms with Gasteiger partial charge in [-0.15, -0.1) is 0 Å². The van der Waals surface area contributed by atoms with Crippen LogP contribution in [0.3, 0.4) is 0 Å². The minimum Gasteiger partial charge on any atom is -0.497 e. The average Bonchev–Trinajstić information content (AvgIpc) is 3.18. The molecule has 0 N–H and O–H groups in total. The Bertz CT molecular complexity index is 1630. The molecule has 6 rings (SSSR count). The number of hydrogen-bond donors (Lipinski definition) is 0. The molecule has 4 nitrogen and oxygen atoms in total. The molecule has 0 radical (unpaired) electrons. The lowest BCUT2D eigenvalue weighted by molar-refractivity contribution is 0.415. The molecule has 168 valence electrons.